The molecular weight excluding hydrogens is 200 g/mol. The quantitative estimate of drug-likeness (QED) is 0.775. The molecule has 0 spiro atoms. The maximum absolute atomic E-state index is 11.6. The molecule has 1 aromatic rings. The second kappa shape index (κ2) is 5.32. The molecule has 0 aliphatic rings. The Morgan fingerprint density at radius 3 is 2.38 bits per heavy atom. The first-order valence-corrected chi connectivity index (χ1v) is 5.28. The number of hydrogen-bond donors (Lipinski definition) is 0. The summed E-state index contributed by atoms with van der Waals surface area (Å²) in [6.07, 6.45) is 0. The Morgan fingerprint density at radius 1 is 1.38 bits per heavy atom. The van der Waals surface area contributed by atoms with Crippen LogP contribution in [0.25, 0.3) is 0 Å². The van der Waals surface area contributed by atoms with E-state index in [0.717, 1.165) is 5.69 Å². The first-order chi connectivity index (χ1) is 7.54. The fourth-order valence-electron chi connectivity index (χ4n) is 1.30. The van der Waals surface area contributed by atoms with Crippen molar-refractivity contribution in [3.63, 3.8) is 0 Å². The third-order valence-electron chi connectivity index (χ3n) is 2.47. The number of nitrogens with zero attached hydrogens (tertiary/aromatic N) is 2. The van der Waals surface area contributed by atoms with Gasteiger partial charge in [-0.15, -0.1) is 0 Å². The summed E-state index contributed by atoms with van der Waals surface area (Å²) in [5, 5.41) is 8.67. The van der Waals surface area contributed by atoms with E-state index in [1.165, 1.54) is 0 Å². The van der Waals surface area contributed by atoms with Gasteiger partial charge in [-0.25, -0.2) is 0 Å². The van der Waals surface area contributed by atoms with Crippen LogP contribution in [0.5, 0.6) is 0 Å². The van der Waals surface area contributed by atoms with E-state index in [-0.39, 0.29) is 11.7 Å². The lowest BCUT2D eigenvalue weighted by molar-refractivity contribution is -0.120. The Labute approximate surface area is 96.3 Å². The van der Waals surface area contributed by atoms with Crippen molar-refractivity contribution in [3.8, 4) is 6.07 Å². The van der Waals surface area contributed by atoms with Gasteiger partial charge >= 0.3 is 0 Å². The van der Waals surface area contributed by atoms with Crippen LogP contribution in [-0.2, 0) is 4.79 Å². The third-order valence-corrected chi connectivity index (χ3v) is 2.47. The molecule has 0 aromatic heterocycles. The fraction of sp³-hybridized carbons (Fsp3) is 0.385. The smallest absolute Gasteiger partial charge is 0.154 e. The van der Waals surface area contributed by atoms with Gasteiger partial charge in [0.1, 0.15) is 0 Å². The van der Waals surface area contributed by atoms with E-state index in [1.807, 2.05) is 37.9 Å². The number of carbonyl (C=O) groups excluding carboxylic acids is 1. The highest BCUT2D eigenvalue weighted by Gasteiger charge is 2.10. The average Bonchev–Trinajstić information content (AvgIpc) is 2.28. The lowest BCUT2D eigenvalue weighted by Crippen LogP contribution is -2.28. The lowest BCUT2D eigenvalue weighted by atomic mass is 10.1. The molecule has 84 valence electrons. The van der Waals surface area contributed by atoms with Crippen LogP contribution in [0.2, 0.25) is 0 Å². The highest BCUT2D eigenvalue weighted by molar-refractivity contribution is 5.85. The molecule has 0 N–H and O–H groups in total. The number of anilines is 1. The number of likely N-dealkylation sites (N-methyl/N-ethyl adjacent to an activating group) is 1. The van der Waals surface area contributed by atoms with Gasteiger partial charge in [0.25, 0.3) is 0 Å². The minimum atomic E-state index is 0.0563. The Kier molecular flexibility index (Phi) is 4.07. The Bertz CT molecular complexity index is 401. The molecule has 0 heterocycles. The van der Waals surface area contributed by atoms with Gasteiger partial charge in [-0.2, -0.15) is 5.26 Å². The molecule has 0 amide bonds. The van der Waals surface area contributed by atoms with Crippen LogP contribution in [0, 0.1) is 17.2 Å². The molecule has 0 saturated heterocycles. The van der Waals surface area contributed by atoms with Gasteiger partial charge in [0.2, 0.25) is 0 Å². The predicted molar refractivity (Wildman–Crippen MR) is 64.3 cm³/mol. The van der Waals surface area contributed by atoms with Crippen LogP contribution < -0.4 is 4.90 Å². The second-order valence-electron chi connectivity index (χ2n) is 4.14. The van der Waals surface area contributed by atoms with Crippen LogP contribution in [0.1, 0.15) is 19.4 Å². The molecule has 16 heavy (non-hydrogen) atoms. The van der Waals surface area contributed by atoms with Crippen molar-refractivity contribution in [2.24, 2.45) is 5.92 Å². The number of rotatable bonds is 4. The zero-order valence-electron chi connectivity index (χ0n) is 9.90. The summed E-state index contributed by atoms with van der Waals surface area (Å²) in [6.45, 7) is 4.20. The van der Waals surface area contributed by atoms with Crippen LogP contribution >= 0.6 is 0 Å². The number of nitriles is 1. The summed E-state index contributed by atoms with van der Waals surface area (Å²) in [4.78, 5) is 13.4. The van der Waals surface area contributed by atoms with Crippen LogP contribution in [-0.4, -0.2) is 19.4 Å². The topological polar surface area (TPSA) is 44.1 Å². The molecule has 0 bridgehead atoms. The minimum absolute atomic E-state index is 0.0563. The van der Waals surface area contributed by atoms with E-state index in [1.54, 1.807) is 12.1 Å². The number of Topliss-reactive ketones (excluding diaryl/α,β-unsaturated/α-hetero) is 1. The maximum Gasteiger partial charge on any atom is 0.154 e. The second-order valence-corrected chi connectivity index (χ2v) is 4.14. The Hall–Kier alpha value is -1.82. The zero-order chi connectivity index (χ0) is 12.1. The summed E-state index contributed by atoms with van der Waals surface area (Å²) in [6, 6.07) is 9.28. The van der Waals surface area contributed by atoms with Crippen molar-refractivity contribution < 1.29 is 4.79 Å². The van der Waals surface area contributed by atoms with E-state index < -0.39 is 0 Å². The molecule has 0 aliphatic carbocycles. The first kappa shape index (κ1) is 12.3. The summed E-state index contributed by atoms with van der Waals surface area (Å²) in [7, 11) is 1.88. The highest BCUT2D eigenvalue weighted by Crippen LogP contribution is 2.13. The standard InChI is InChI=1S/C13H16N2O/c1-10(2)13(16)9-15(3)12-6-4-11(8-14)5-7-12/h4-7,10H,9H2,1-3H3. The molecular formula is C13H16N2O. The zero-order valence-corrected chi connectivity index (χ0v) is 9.90. The van der Waals surface area contributed by atoms with Crippen LogP contribution in [0.4, 0.5) is 5.69 Å². The Balaban J connectivity index is 2.70. The largest absolute Gasteiger partial charge is 0.367 e. The number of ketones is 1. The highest BCUT2D eigenvalue weighted by atomic mass is 16.1. The fourth-order valence-corrected chi connectivity index (χ4v) is 1.30. The van der Waals surface area contributed by atoms with Gasteiger partial charge in [0.05, 0.1) is 18.2 Å². The molecule has 1 aromatic carbocycles. The van der Waals surface area contributed by atoms with E-state index in [9.17, 15) is 4.79 Å². The van der Waals surface area contributed by atoms with Crippen molar-refractivity contribution in [3.05, 3.63) is 29.8 Å². The van der Waals surface area contributed by atoms with E-state index in [2.05, 4.69) is 6.07 Å². The third kappa shape index (κ3) is 3.09. The van der Waals surface area contributed by atoms with E-state index >= 15 is 0 Å². The Morgan fingerprint density at radius 2 is 1.94 bits per heavy atom. The molecule has 3 nitrogen and oxygen atoms in total. The molecule has 0 unspecified atom stereocenters. The van der Waals surface area contributed by atoms with Crippen molar-refractivity contribution in [2.75, 3.05) is 18.5 Å². The number of carbonyl (C=O) groups is 1. The SMILES string of the molecule is CC(C)C(=O)CN(C)c1ccc(C#N)cc1. The van der Waals surface area contributed by atoms with Crippen molar-refractivity contribution in [1.82, 2.24) is 0 Å². The number of hydrogen-bond acceptors (Lipinski definition) is 3. The summed E-state index contributed by atoms with van der Waals surface area (Å²) in [5.41, 5.74) is 1.58. The molecule has 0 fully saturated rings. The number of benzene rings is 1. The normalized spacial score (nSPS) is 9.94. The van der Waals surface area contributed by atoms with Crippen LogP contribution in [0.3, 0.4) is 0 Å². The molecule has 0 aliphatic heterocycles. The summed E-state index contributed by atoms with van der Waals surface area (Å²) < 4.78 is 0. The maximum atomic E-state index is 11.6. The van der Waals surface area contributed by atoms with Gasteiger partial charge in [-0.1, -0.05) is 13.8 Å². The van der Waals surface area contributed by atoms with Gasteiger partial charge in [0, 0.05) is 18.7 Å². The average molecular weight is 216 g/mol. The minimum Gasteiger partial charge on any atom is -0.367 e. The molecule has 0 atom stereocenters. The predicted octanol–water partition coefficient (Wildman–Crippen LogP) is 2.22. The summed E-state index contributed by atoms with van der Waals surface area (Å²) in [5.74, 6) is 0.271. The van der Waals surface area contributed by atoms with E-state index in [0.29, 0.717) is 12.1 Å². The van der Waals surface area contributed by atoms with Crippen LogP contribution in [0.15, 0.2) is 24.3 Å². The van der Waals surface area contributed by atoms with Gasteiger partial charge < -0.3 is 4.90 Å². The van der Waals surface area contributed by atoms with Crippen molar-refractivity contribution in [2.45, 2.75) is 13.8 Å². The van der Waals surface area contributed by atoms with Gasteiger partial charge in [0.15, 0.2) is 5.78 Å². The monoisotopic (exact) mass is 216 g/mol. The van der Waals surface area contributed by atoms with Gasteiger partial charge in [-0.3, -0.25) is 4.79 Å². The van der Waals surface area contributed by atoms with Crippen molar-refractivity contribution in [1.29, 1.82) is 5.26 Å². The molecule has 1 rings (SSSR count). The van der Waals surface area contributed by atoms with Gasteiger partial charge in [-0.05, 0) is 24.3 Å². The van der Waals surface area contributed by atoms with Crippen molar-refractivity contribution >= 4 is 11.5 Å². The molecule has 0 saturated carbocycles. The molecule has 3 heteroatoms. The molecule has 0 radical (unpaired) electrons. The summed E-state index contributed by atoms with van der Waals surface area (Å²) >= 11 is 0. The van der Waals surface area contributed by atoms with E-state index in [4.69, 9.17) is 5.26 Å². The lowest BCUT2D eigenvalue weighted by Gasteiger charge is -2.19. The first-order valence-electron chi connectivity index (χ1n) is 5.28.